The van der Waals surface area contributed by atoms with Gasteiger partial charge >= 0.3 is 0 Å². The zero-order valence-electron chi connectivity index (χ0n) is 10.0. The molecule has 1 aromatic rings. The second kappa shape index (κ2) is 5.06. The van der Waals surface area contributed by atoms with Crippen LogP contribution in [0.4, 0.5) is 5.69 Å². The lowest BCUT2D eigenvalue weighted by molar-refractivity contribution is 0.415. The van der Waals surface area contributed by atoms with Gasteiger partial charge in [0.05, 0.1) is 7.11 Å². The molecule has 86 valence electrons. The Morgan fingerprint density at radius 1 is 1.25 bits per heavy atom. The average Bonchev–Trinajstić information content (AvgIpc) is 2.39. The van der Waals surface area contributed by atoms with E-state index in [1.807, 2.05) is 12.1 Å². The lowest BCUT2D eigenvalue weighted by atomic mass is 10.0. The molecule has 1 unspecified atom stereocenters. The number of likely N-dealkylation sites (N-methyl/N-ethyl adjacent to an activating group) is 1. The summed E-state index contributed by atoms with van der Waals surface area (Å²) in [6.45, 7) is 0. The fraction of sp³-hybridized carbons (Fsp3) is 0.429. The lowest BCUT2D eigenvalue weighted by Crippen LogP contribution is -2.30. The molecular weight excluding hydrogens is 198 g/mol. The van der Waals surface area contributed by atoms with Gasteiger partial charge < -0.3 is 9.64 Å². The summed E-state index contributed by atoms with van der Waals surface area (Å²) < 4.78 is 5.16. The average molecular weight is 217 g/mol. The molecule has 0 bridgehead atoms. The van der Waals surface area contributed by atoms with Crippen LogP contribution in [0.5, 0.6) is 5.75 Å². The molecule has 2 heteroatoms. The number of hydrogen-bond donors (Lipinski definition) is 0. The number of hydrogen-bond acceptors (Lipinski definition) is 2. The molecule has 16 heavy (non-hydrogen) atoms. The molecule has 1 aliphatic rings. The number of nitrogens with zero attached hydrogens (tertiary/aromatic N) is 1. The second-order valence-corrected chi connectivity index (χ2v) is 4.24. The molecule has 1 atom stereocenters. The van der Waals surface area contributed by atoms with Crippen molar-refractivity contribution >= 4 is 5.69 Å². The van der Waals surface area contributed by atoms with Gasteiger partial charge in [0.15, 0.2) is 0 Å². The summed E-state index contributed by atoms with van der Waals surface area (Å²) in [6.07, 6.45) is 8.37. The van der Waals surface area contributed by atoms with Gasteiger partial charge in [-0.3, -0.25) is 0 Å². The summed E-state index contributed by atoms with van der Waals surface area (Å²) in [5.41, 5.74) is 1.25. The van der Waals surface area contributed by atoms with E-state index < -0.39 is 0 Å². The minimum Gasteiger partial charge on any atom is -0.497 e. The molecule has 1 aliphatic carbocycles. The van der Waals surface area contributed by atoms with Crippen molar-refractivity contribution in [3.8, 4) is 5.75 Å². The Kier molecular flexibility index (Phi) is 3.50. The van der Waals surface area contributed by atoms with Crippen LogP contribution in [0.2, 0.25) is 0 Å². The summed E-state index contributed by atoms with van der Waals surface area (Å²) in [4.78, 5) is 2.33. The fourth-order valence-corrected chi connectivity index (χ4v) is 2.13. The molecule has 2 rings (SSSR count). The first-order valence-corrected chi connectivity index (χ1v) is 5.85. The van der Waals surface area contributed by atoms with Gasteiger partial charge in [0, 0.05) is 18.8 Å². The quantitative estimate of drug-likeness (QED) is 0.721. The van der Waals surface area contributed by atoms with Crippen LogP contribution in [0.1, 0.15) is 19.3 Å². The van der Waals surface area contributed by atoms with Crippen LogP contribution < -0.4 is 9.64 Å². The van der Waals surface area contributed by atoms with E-state index in [9.17, 15) is 0 Å². The lowest BCUT2D eigenvalue weighted by Gasteiger charge is -2.29. The third-order valence-electron chi connectivity index (χ3n) is 3.21. The van der Waals surface area contributed by atoms with Crippen molar-refractivity contribution in [3.63, 3.8) is 0 Å². The van der Waals surface area contributed by atoms with E-state index in [1.165, 1.54) is 24.9 Å². The van der Waals surface area contributed by atoms with E-state index in [-0.39, 0.29) is 0 Å². The second-order valence-electron chi connectivity index (χ2n) is 4.24. The van der Waals surface area contributed by atoms with E-state index in [4.69, 9.17) is 4.74 Å². The first-order valence-electron chi connectivity index (χ1n) is 5.85. The van der Waals surface area contributed by atoms with E-state index in [0.29, 0.717) is 6.04 Å². The smallest absolute Gasteiger partial charge is 0.119 e. The van der Waals surface area contributed by atoms with Crippen LogP contribution in [-0.2, 0) is 0 Å². The molecular formula is C14H19NO. The Morgan fingerprint density at radius 3 is 2.56 bits per heavy atom. The van der Waals surface area contributed by atoms with Crippen molar-refractivity contribution in [2.45, 2.75) is 25.3 Å². The molecule has 0 heterocycles. The standard InChI is InChI=1S/C14H19NO/c1-15(12-6-4-3-5-7-12)13-8-10-14(16-2)11-9-13/h4,6,8-12H,3,5,7H2,1-2H3. The number of rotatable bonds is 3. The minimum absolute atomic E-state index is 0.544. The topological polar surface area (TPSA) is 12.5 Å². The third-order valence-corrected chi connectivity index (χ3v) is 3.21. The summed E-state index contributed by atoms with van der Waals surface area (Å²) in [5.74, 6) is 0.913. The molecule has 0 spiro atoms. The number of benzene rings is 1. The molecule has 2 nitrogen and oxygen atoms in total. The van der Waals surface area contributed by atoms with Gasteiger partial charge in [0.2, 0.25) is 0 Å². The van der Waals surface area contributed by atoms with Gasteiger partial charge in [0.25, 0.3) is 0 Å². The zero-order valence-corrected chi connectivity index (χ0v) is 10.0. The Labute approximate surface area is 97.5 Å². The van der Waals surface area contributed by atoms with Crippen LogP contribution in [0.15, 0.2) is 36.4 Å². The first-order chi connectivity index (χ1) is 7.81. The summed E-state index contributed by atoms with van der Waals surface area (Å²) in [5, 5.41) is 0. The van der Waals surface area contributed by atoms with Crippen molar-refractivity contribution in [3.05, 3.63) is 36.4 Å². The molecule has 0 N–H and O–H groups in total. The molecule has 0 radical (unpaired) electrons. The minimum atomic E-state index is 0.544. The van der Waals surface area contributed by atoms with Crippen LogP contribution in [0.3, 0.4) is 0 Å². The molecule has 0 aromatic heterocycles. The van der Waals surface area contributed by atoms with Crippen molar-refractivity contribution < 1.29 is 4.74 Å². The van der Waals surface area contributed by atoms with Crippen molar-refractivity contribution in [2.75, 3.05) is 19.1 Å². The molecule has 0 fully saturated rings. The highest BCUT2D eigenvalue weighted by Crippen LogP contribution is 2.23. The maximum atomic E-state index is 5.16. The highest BCUT2D eigenvalue weighted by molar-refractivity contribution is 5.50. The highest BCUT2D eigenvalue weighted by atomic mass is 16.5. The van der Waals surface area contributed by atoms with Gasteiger partial charge in [0.1, 0.15) is 5.75 Å². The molecule has 0 aliphatic heterocycles. The van der Waals surface area contributed by atoms with Crippen LogP contribution in [-0.4, -0.2) is 20.2 Å². The van der Waals surface area contributed by atoms with E-state index in [0.717, 1.165) is 5.75 Å². The molecule has 0 saturated carbocycles. The Balaban J connectivity index is 2.10. The molecule has 0 saturated heterocycles. The van der Waals surface area contributed by atoms with Gasteiger partial charge in [-0.1, -0.05) is 12.2 Å². The zero-order chi connectivity index (χ0) is 11.4. The third kappa shape index (κ3) is 2.38. The maximum Gasteiger partial charge on any atom is 0.119 e. The number of ether oxygens (including phenoxy) is 1. The van der Waals surface area contributed by atoms with Crippen LogP contribution in [0.25, 0.3) is 0 Å². The largest absolute Gasteiger partial charge is 0.497 e. The van der Waals surface area contributed by atoms with Crippen molar-refractivity contribution in [1.82, 2.24) is 0 Å². The summed E-state index contributed by atoms with van der Waals surface area (Å²) in [6, 6.07) is 8.79. The van der Waals surface area contributed by atoms with Crippen molar-refractivity contribution in [1.29, 1.82) is 0 Å². The predicted molar refractivity (Wildman–Crippen MR) is 68.2 cm³/mol. The summed E-state index contributed by atoms with van der Waals surface area (Å²) in [7, 11) is 3.85. The molecule has 0 amide bonds. The van der Waals surface area contributed by atoms with Gasteiger partial charge in [-0.05, 0) is 43.5 Å². The van der Waals surface area contributed by atoms with E-state index in [2.05, 4.69) is 36.2 Å². The van der Waals surface area contributed by atoms with Gasteiger partial charge in [-0.25, -0.2) is 0 Å². The predicted octanol–water partition coefficient (Wildman–Crippen LogP) is 3.24. The number of anilines is 1. The normalized spacial score (nSPS) is 19.5. The first kappa shape index (κ1) is 11.1. The Bertz CT molecular complexity index is 356. The van der Waals surface area contributed by atoms with E-state index in [1.54, 1.807) is 7.11 Å². The monoisotopic (exact) mass is 217 g/mol. The van der Waals surface area contributed by atoms with E-state index >= 15 is 0 Å². The Hall–Kier alpha value is -1.44. The van der Waals surface area contributed by atoms with Crippen LogP contribution in [0, 0.1) is 0 Å². The maximum absolute atomic E-state index is 5.16. The SMILES string of the molecule is COc1ccc(N(C)C2C=CCCC2)cc1. The number of allylic oxidation sites excluding steroid dienone is 1. The fourth-order valence-electron chi connectivity index (χ4n) is 2.13. The van der Waals surface area contributed by atoms with Gasteiger partial charge in [-0.15, -0.1) is 0 Å². The molecule has 1 aromatic carbocycles. The van der Waals surface area contributed by atoms with Crippen LogP contribution >= 0.6 is 0 Å². The van der Waals surface area contributed by atoms with Crippen molar-refractivity contribution in [2.24, 2.45) is 0 Å². The summed E-state index contributed by atoms with van der Waals surface area (Å²) >= 11 is 0. The number of methoxy groups -OCH3 is 1. The Morgan fingerprint density at radius 2 is 2.00 bits per heavy atom. The van der Waals surface area contributed by atoms with Gasteiger partial charge in [-0.2, -0.15) is 0 Å². The highest BCUT2D eigenvalue weighted by Gasteiger charge is 2.14.